The van der Waals surface area contributed by atoms with E-state index in [1.165, 1.54) is 50.8 Å². The third-order valence-corrected chi connectivity index (χ3v) is 6.22. The topological polar surface area (TPSA) is 261 Å². The van der Waals surface area contributed by atoms with E-state index >= 15 is 0 Å². The lowest BCUT2D eigenvalue weighted by Crippen LogP contribution is -2.33. The lowest BCUT2D eigenvalue weighted by Gasteiger charge is -2.06. The van der Waals surface area contributed by atoms with Crippen LogP contribution >= 0.6 is 0 Å². The molecule has 226 valence electrons. The SMILES string of the molecule is COC(=O)c1c(N=Nc2c(C)nn(-c3cc(-n4nc(C)c(N=Nc5oc[n+](C)c5C(=O)CO)c4N)ncn3)c2N)oc[n+]1C. The van der Waals surface area contributed by atoms with Crippen LogP contribution < -0.4 is 20.6 Å². The summed E-state index contributed by atoms with van der Waals surface area (Å²) in [6.07, 6.45) is 3.80. The number of carbonyl (C=O) groups is 2. The molecule has 0 amide bonds. The quantitative estimate of drug-likeness (QED) is 0.0926. The Hall–Kier alpha value is -6.18. The van der Waals surface area contributed by atoms with Crippen molar-refractivity contribution in [3.8, 4) is 11.6 Å². The van der Waals surface area contributed by atoms with E-state index < -0.39 is 18.4 Å². The molecule has 0 radical (unpaired) electrons. The largest absolute Gasteiger partial charge is 0.461 e. The van der Waals surface area contributed by atoms with Gasteiger partial charge in [0.05, 0.1) is 18.5 Å². The van der Waals surface area contributed by atoms with E-state index in [1.807, 2.05) is 0 Å². The summed E-state index contributed by atoms with van der Waals surface area (Å²) in [5.41, 5.74) is 14.0. The molecule has 0 saturated carbocycles. The molecule has 0 fully saturated rings. The molecule has 0 aromatic carbocycles. The van der Waals surface area contributed by atoms with Gasteiger partial charge >= 0.3 is 41.9 Å². The molecule has 0 aliphatic rings. The highest BCUT2D eigenvalue weighted by Gasteiger charge is 2.29. The van der Waals surface area contributed by atoms with Gasteiger partial charge in [-0.25, -0.2) is 14.8 Å². The van der Waals surface area contributed by atoms with Crippen LogP contribution in [-0.4, -0.2) is 60.1 Å². The van der Waals surface area contributed by atoms with Gasteiger partial charge in [-0.3, -0.25) is 4.79 Å². The van der Waals surface area contributed by atoms with Crippen molar-refractivity contribution in [1.29, 1.82) is 0 Å². The van der Waals surface area contributed by atoms with Gasteiger partial charge in [-0.05, 0) is 13.8 Å². The average Bonchev–Trinajstić information content (AvgIpc) is 3.73. The van der Waals surface area contributed by atoms with Gasteiger partial charge in [-0.1, -0.05) is 0 Å². The van der Waals surface area contributed by atoms with E-state index in [9.17, 15) is 14.7 Å². The Morgan fingerprint density at radius 3 is 1.84 bits per heavy atom. The van der Waals surface area contributed by atoms with Crippen LogP contribution in [0.4, 0.5) is 34.8 Å². The Labute approximate surface area is 246 Å². The van der Waals surface area contributed by atoms with Gasteiger partial charge in [-0.15, -0.1) is 20.5 Å². The highest BCUT2D eigenvalue weighted by atomic mass is 16.5. The molecule has 0 atom stereocenters. The smallest absolute Gasteiger partial charge is 0.409 e. The van der Waals surface area contributed by atoms with E-state index in [4.69, 9.17) is 25.0 Å². The number of nitrogens with two attached hydrogens (primary N) is 2. The third kappa shape index (κ3) is 5.15. The van der Waals surface area contributed by atoms with Crippen LogP contribution in [0.3, 0.4) is 0 Å². The van der Waals surface area contributed by atoms with E-state index in [1.54, 1.807) is 27.9 Å². The van der Waals surface area contributed by atoms with Crippen molar-refractivity contribution in [1.82, 2.24) is 29.5 Å². The average molecular weight is 607 g/mol. The van der Waals surface area contributed by atoms with Crippen LogP contribution in [0.15, 0.2) is 54.5 Å². The number of ether oxygens (including phenoxy) is 1. The molecule has 0 unspecified atom stereocenters. The Balaban J connectivity index is 1.46. The number of hydrogen-bond acceptors (Lipinski definition) is 16. The molecule has 5 aromatic rings. The van der Waals surface area contributed by atoms with Gasteiger partial charge in [0.15, 0.2) is 34.6 Å². The van der Waals surface area contributed by atoms with Crippen molar-refractivity contribution in [2.75, 3.05) is 25.2 Å². The molecule has 5 heterocycles. The van der Waals surface area contributed by atoms with Crippen LogP contribution in [0.25, 0.3) is 11.6 Å². The summed E-state index contributed by atoms with van der Waals surface area (Å²) in [6.45, 7) is 2.59. The van der Waals surface area contributed by atoms with Crippen molar-refractivity contribution < 1.29 is 37.4 Å². The molecule has 5 aromatic heterocycles. The zero-order chi connectivity index (χ0) is 31.7. The van der Waals surface area contributed by atoms with Crippen molar-refractivity contribution in [2.24, 2.45) is 34.6 Å². The van der Waals surface area contributed by atoms with E-state index in [0.29, 0.717) is 11.4 Å². The summed E-state index contributed by atoms with van der Waals surface area (Å²) in [6, 6.07) is 1.53. The second kappa shape index (κ2) is 11.6. The van der Waals surface area contributed by atoms with Gasteiger partial charge in [0.25, 0.3) is 5.78 Å². The summed E-state index contributed by atoms with van der Waals surface area (Å²) in [5.74, 6) is -0.769. The predicted octanol–water partition coefficient (Wildman–Crippen LogP) is 1.26. The minimum atomic E-state index is -0.727. The normalized spacial score (nSPS) is 11.7. The molecule has 20 heteroatoms. The van der Waals surface area contributed by atoms with Crippen molar-refractivity contribution in [3.05, 3.63) is 48.0 Å². The van der Waals surface area contributed by atoms with Crippen molar-refractivity contribution in [2.45, 2.75) is 13.8 Å². The summed E-state index contributed by atoms with van der Waals surface area (Å²) < 4.78 is 20.8. The van der Waals surface area contributed by atoms with Crippen LogP contribution in [0.1, 0.15) is 32.4 Å². The molecule has 44 heavy (non-hydrogen) atoms. The number of methoxy groups -OCH3 is 1. The Bertz CT molecular complexity index is 1830. The molecule has 0 bridgehead atoms. The molecule has 5 rings (SSSR count). The maximum atomic E-state index is 12.1. The first-order valence-electron chi connectivity index (χ1n) is 12.6. The zero-order valence-corrected chi connectivity index (χ0v) is 24.0. The maximum Gasteiger partial charge on any atom is 0.409 e. The number of aliphatic hydroxyl groups is 1. The monoisotopic (exact) mass is 606 g/mol. The molecule has 5 N–H and O–H groups in total. The number of aromatic nitrogens is 8. The summed E-state index contributed by atoms with van der Waals surface area (Å²) in [4.78, 5) is 32.7. The number of nitrogens with zero attached hydrogens (tertiary/aromatic N) is 12. The molecule has 0 saturated heterocycles. The molecule has 0 spiro atoms. The lowest BCUT2D eigenvalue weighted by atomic mass is 10.3. The Morgan fingerprint density at radius 1 is 0.886 bits per heavy atom. The van der Waals surface area contributed by atoms with Gasteiger partial charge in [0.2, 0.25) is 0 Å². The molecule has 0 aliphatic heterocycles. The summed E-state index contributed by atoms with van der Waals surface area (Å²) >= 11 is 0. The number of oxazole rings is 2. The van der Waals surface area contributed by atoms with Crippen molar-refractivity contribution >= 4 is 46.5 Å². The number of esters is 1. The fraction of sp³-hybridized carbons (Fsp3) is 0.250. The number of carbonyl (C=O) groups excluding carboxylic acids is 2. The van der Waals surface area contributed by atoms with E-state index in [2.05, 4.69) is 40.6 Å². The van der Waals surface area contributed by atoms with E-state index in [0.717, 1.165) is 0 Å². The predicted molar refractivity (Wildman–Crippen MR) is 145 cm³/mol. The number of ketones is 1. The number of aliphatic hydroxyl groups excluding tert-OH is 1. The fourth-order valence-electron chi connectivity index (χ4n) is 4.07. The van der Waals surface area contributed by atoms with Crippen LogP contribution in [0, 0.1) is 13.8 Å². The number of aryl methyl sites for hydroxylation is 4. The second-order valence-electron chi connectivity index (χ2n) is 9.15. The summed E-state index contributed by atoms with van der Waals surface area (Å²) in [5, 5.41) is 34.4. The first kappa shape index (κ1) is 29.3. The highest BCUT2D eigenvalue weighted by Crippen LogP contribution is 2.33. The van der Waals surface area contributed by atoms with Gasteiger partial charge in [0, 0.05) is 6.07 Å². The minimum absolute atomic E-state index is 0.0355. The van der Waals surface area contributed by atoms with E-state index in [-0.39, 0.29) is 57.8 Å². The molecule has 0 aliphatic carbocycles. The number of hydrogen-bond donors (Lipinski definition) is 3. The van der Waals surface area contributed by atoms with Gasteiger partial charge in [-0.2, -0.15) is 28.7 Å². The molecular formula is C24H26N14O6+2. The lowest BCUT2D eigenvalue weighted by molar-refractivity contribution is -0.676. The molecule has 20 nitrogen and oxygen atoms in total. The summed E-state index contributed by atoms with van der Waals surface area (Å²) in [7, 11) is 4.39. The van der Waals surface area contributed by atoms with Crippen LogP contribution in [0.5, 0.6) is 0 Å². The first-order valence-corrected chi connectivity index (χ1v) is 12.6. The van der Waals surface area contributed by atoms with Crippen LogP contribution in [-0.2, 0) is 18.8 Å². The number of anilines is 2. The first-order chi connectivity index (χ1) is 21.0. The van der Waals surface area contributed by atoms with Crippen LogP contribution in [0.2, 0.25) is 0 Å². The minimum Gasteiger partial charge on any atom is -0.461 e. The number of nitrogen functional groups attached to an aromatic ring is 2. The third-order valence-electron chi connectivity index (χ3n) is 6.22. The zero-order valence-electron chi connectivity index (χ0n) is 24.0. The second-order valence-corrected chi connectivity index (χ2v) is 9.15. The molecular weight excluding hydrogens is 580 g/mol. The standard InChI is InChI=1S/C24H24N14O6/c1-11-16(29-31-22-18(13(40)7-39)35(3)9-43-22)20(25)37(33-11)14-6-15(28-8-27-14)38-21(26)17(12(2)34-38)30-32-23-19(24(41)42-5)36(4)10-44-23/h6,8-10,39H,7H2,1-5H3,(H2-2,25,26,31,32,33,34,40,41)/p+2. The van der Waals surface area contributed by atoms with Crippen molar-refractivity contribution in [3.63, 3.8) is 0 Å². The fourth-order valence-corrected chi connectivity index (χ4v) is 4.07. The number of Topliss-reactive ketones (excluding diaryl/α,β-unsaturated/α-hetero) is 1. The van der Waals surface area contributed by atoms with Gasteiger partial charge < -0.3 is 30.1 Å². The Kier molecular flexibility index (Phi) is 7.73. The van der Waals surface area contributed by atoms with Gasteiger partial charge in [0.1, 0.15) is 27.0 Å². The Morgan fingerprint density at radius 2 is 1.36 bits per heavy atom. The maximum absolute atomic E-state index is 12.1. The number of azo groups is 2. The highest BCUT2D eigenvalue weighted by molar-refractivity contribution is 5.97. The number of rotatable bonds is 9.